The minimum absolute atomic E-state index is 0.146. The molecule has 1 heterocycles. The van der Waals surface area contributed by atoms with E-state index in [2.05, 4.69) is 33.0 Å². The van der Waals surface area contributed by atoms with Crippen molar-refractivity contribution in [2.45, 2.75) is 6.54 Å². The van der Waals surface area contributed by atoms with Crippen LogP contribution >= 0.6 is 34.2 Å². The lowest BCUT2D eigenvalue weighted by molar-refractivity contribution is 0.0950. The van der Waals surface area contributed by atoms with E-state index in [1.165, 1.54) is 0 Å². The Kier molecular flexibility index (Phi) is 4.97. The summed E-state index contributed by atoms with van der Waals surface area (Å²) in [5.74, 6) is -0.146. The molecule has 0 atom stereocenters. The van der Waals surface area contributed by atoms with Gasteiger partial charge in [0.15, 0.2) is 0 Å². The zero-order valence-corrected chi connectivity index (χ0v) is 15.0. The molecule has 0 bridgehead atoms. The van der Waals surface area contributed by atoms with Gasteiger partial charge < -0.3 is 5.32 Å². The zero-order valence-electron chi connectivity index (χ0n) is 12.0. The highest BCUT2D eigenvalue weighted by Crippen LogP contribution is 2.18. The molecule has 3 rings (SSSR count). The number of hydrogen-bond acceptors (Lipinski definition) is 2. The molecule has 6 heteroatoms. The van der Waals surface area contributed by atoms with Crippen LogP contribution in [0.5, 0.6) is 0 Å². The van der Waals surface area contributed by atoms with Crippen LogP contribution in [0.2, 0.25) is 5.02 Å². The first-order chi connectivity index (χ1) is 11.1. The molecule has 1 amide bonds. The van der Waals surface area contributed by atoms with E-state index in [1.807, 2.05) is 42.6 Å². The molecule has 0 radical (unpaired) electrons. The van der Waals surface area contributed by atoms with Crippen LogP contribution in [0.1, 0.15) is 15.9 Å². The number of benzene rings is 2. The number of halogens is 2. The van der Waals surface area contributed by atoms with E-state index >= 15 is 0 Å². The van der Waals surface area contributed by atoms with Crippen LogP contribution in [0.3, 0.4) is 0 Å². The summed E-state index contributed by atoms with van der Waals surface area (Å²) in [6.07, 6.45) is 3.60. The number of hydrogen-bond donors (Lipinski definition) is 1. The van der Waals surface area contributed by atoms with E-state index in [9.17, 15) is 4.79 Å². The van der Waals surface area contributed by atoms with Crippen molar-refractivity contribution >= 4 is 40.1 Å². The van der Waals surface area contributed by atoms with Crippen molar-refractivity contribution in [2.75, 3.05) is 0 Å². The third kappa shape index (κ3) is 3.73. The Morgan fingerprint density at radius 2 is 2.04 bits per heavy atom. The second kappa shape index (κ2) is 7.14. The molecule has 2 aromatic carbocycles. The molecule has 0 spiro atoms. The Morgan fingerprint density at radius 1 is 1.22 bits per heavy atom. The van der Waals surface area contributed by atoms with Gasteiger partial charge in [0.25, 0.3) is 5.91 Å². The first-order valence-corrected chi connectivity index (χ1v) is 8.42. The van der Waals surface area contributed by atoms with Crippen LogP contribution in [-0.2, 0) is 6.54 Å². The monoisotopic (exact) mass is 437 g/mol. The average Bonchev–Trinajstić information content (AvgIpc) is 3.09. The Labute approximate surface area is 152 Å². The Morgan fingerprint density at radius 3 is 2.83 bits per heavy atom. The number of amides is 1. The summed E-state index contributed by atoms with van der Waals surface area (Å²) in [4.78, 5) is 12.4. The quantitative estimate of drug-likeness (QED) is 0.626. The first-order valence-electron chi connectivity index (χ1n) is 6.96. The van der Waals surface area contributed by atoms with Gasteiger partial charge >= 0.3 is 0 Å². The SMILES string of the molecule is O=C(NCc1ccccc1-n1cccn1)c1cc(Cl)ccc1I. The molecular formula is C17H13ClIN3O. The normalized spacial score (nSPS) is 10.5. The number of nitrogens with one attached hydrogen (secondary N) is 1. The second-order valence-electron chi connectivity index (χ2n) is 4.89. The summed E-state index contributed by atoms with van der Waals surface area (Å²) in [5.41, 5.74) is 2.51. The molecular weight excluding hydrogens is 425 g/mol. The lowest BCUT2D eigenvalue weighted by Crippen LogP contribution is -2.24. The number of rotatable bonds is 4. The van der Waals surface area contributed by atoms with Crippen LogP contribution in [0.4, 0.5) is 0 Å². The maximum Gasteiger partial charge on any atom is 0.252 e. The highest BCUT2D eigenvalue weighted by molar-refractivity contribution is 14.1. The van der Waals surface area contributed by atoms with Crippen LogP contribution < -0.4 is 5.32 Å². The second-order valence-corrected chi connectivity index (χ2v) is 6.48. The van der Waals surface area contributed by atoms with Gasteiger partial charge in [-0.25, -0.2) is 4.68 Å². The van der Waals surface area contributed by atoms with E-state index in [0.29, 0.717) is 17.1 Å². The molecule has 3 aromatic rings. The van der Waals surface area contributed by atoms with Gasteiger partial charge in [-0.15, -0.1) is 0 Å². The Hall–Kier alpha value is -1.86. The lowest BCUT2D eigenvalue weighted by atomic mass is 10.1. The number of nitrogens with zero attached hydrogens (tertiary/aromatic N) is 2. The molecule has 0 saturated heterocycles. The van der Waals surface area contributed by atoms with E-state index in [1.54, 1.807) is 23.0 Å². The van der Waals surface area contributed by atoms with E-state index in [-0.39, 0.29) is 5.91 Å². The molecule has 0 fully saturated rings. The Bertz CT molecular complexity index is 834. The van der Waals surface area contributed by atoms with Crippen LogP contribution in [-0.4, -0.2) is 15.7 Å². The van der Waals surface area contributed by atoms with Crippen molar-refractivity contribution in [3.05, 3.63) is 80.6 Å². The van der Waals surface area contributed by atoms with Gasteiger partial charge in [0.05, 0.1) is 11.3 Å². The predicted octanol–water partition coefficient (Wildman–Crippen LogP) is 4.06. The van der Waals surface area contributed by atoms with Gasteiger partial charge in [0, 0.05) is 27.5 Å². The van der Waals surface area contributed by atoms with Crippen molar-refractivity contribution in [3.63, 3.8) is 0 Å². The van der Waals surface area contributed by atoms with Crippen LogP contribution in [0.25, 0.3) is 5.69 Å². The van der Waals surface area contributed by atoms with E-state index in [0.717, 1.165) is 14.8 Å². The average molecular weight is 438 g/mol. The standard InChI is InChI=1S/C17H13ClIN3O/c18-13-6-7-15(19)14(10-13)17(23)20-11-12-4-1-2-5-16(12)22-9-3-8-21-22/h1-10H,11H2,(H,20,23). The third-order valence-corrected chi connectivity index (χ3v) is 4.53. The van der Waals surface area contributed by atoms with Crippen molar-refractivity contribution in [1.82, 2.24) is 15.1 Å². The summed E-state index contributed by atoms with van der Waals surface area (Å²) in [6.45, 7) is 0.414. The van der Waals surface area contributed by atoms with Gasteiger partial charge in [-0.2, -0.15) is 5.10 Å². The van der Waals surface area contributed by atoms with Crippen molar-refractivity contribution in [3.8, 4) is 5.69 Å². The molecule has 0 aliphatic carbocycles. The molecule has 1 aromatic heterocycles. The van der Waals surface area contributed by atoms with E-state index < -0.39 is 0 Å². The summed E-state index contributed by atoms with van der Waals surface area (Å²) in [7, 11) is 0. The third-order valence-electron chi connectivity index (χ3n) is 3.36. The Balaban J connectivity index is 1.79. The number of para-hydroxylation sites is 1. The van der Waals surface area contributed by atoms with Gasteiger partial charge in [-0.1, -0.05) is 29.8 Å². The van der Waals surface area contributed by atoms with Crippen molar-refractivity contribution < 1.29 is 4.79 Å². The molecule has 0 unspecified atom stereocenters. The minimum Gasteiger partial charge on any atom is -0.348 e. The number of carbonyl (C=O) groups excluding carboxylic acids is 1. The highest BCUT2D eigenvalue weighted by atomic mass is 127. The summed E-state index contributed by atoms with van der Waals surface area (Å²) >= 11 is 8.10. The highest BCUT2D eigenvalue weighted by Gasteiger charge is 2.11. The largest absolute Gasteiger partial charge is 0.348 e. The maximum absolute atomic E-state index is 12.4. The van der Waals surface area contributed by atoms with Gasteiger partial charge in [-0.05, 0) is 58.5 Å². The molecule has 0 aliphatic rings. The topological polar surface area (TPSA) is 46.9 Å². The van der Waals surface area contributed by atoms with Crippen molar-refractivity contribution in [1.29, 1.82) is 0 Å². The fraction of sp³-hybridized carbons (Fsp3) is 0.0588. The molecule has 1 N–H and O–H groups in total. The number of carbonyl (C=O) groups is 1. The number of aromatic nitrogens is 2. The van der Waals surface area contributed by atoms with E-state index in [4.69, 9.17) is 11.6 Å². The molecule has 23 heavy (non-hydrogen) atoms. The lowest BCUT2D eigenvalue weighted by Gasteiger charge is -2.11. The summed E-state index contributed by atoms with van der Waals surface area (Å²) < 4.78 is 2.65. The first kappa shape index (κ1) is 16.0. The molecule has 0 aliphatic heterocycles. The summed E-state index contributed by atoms with van der Waals surface area (Å²) in [6, 6.07) is 15.0. The predicted molar refractivity (Wildman–Crippen MR) is 98.9 cm³/mol. The maximum atomic E-state index is 12.4. The molecule has 0 saturated carbocycles. The fourth-order valence-corrected chi connectivity index (χ4v) is 2.99. The molecule has 4 nitrogen and oxygen atoms in total. The van der Waals surface area contributed by atoms with Crippen LogP contribution in [0, 0.1) is 3.57 Å². The van der Waals surface area contributed by atoms with Crippen LogP contribution in [0.15, 0.2) is 60.9 Å². The summed E-state index contributed by atoms with van der Waals surface area (Å²) in [5, 5.41) is 7.73. The van der Waals surface area contributed by atoms with Crippen molar-refractivity contribution in [2.24, 2.45) is 0 Å². The minimum atomic E-state index is -0.146. The smallest absolute Gasteiger partial charge is 0.252 e. The van der Waals surface area contributed by atoms with Gasteiger partial charge in [0.2, 0.25) is 0 Å². The van der Waals surface area contributed by atoms with Gasteiger partial charge in [-0.3, -0.25) is 4.79 Å². The van der Waals surface area contributed by atoms with Gasteiger partial charge in [0.1, 0.15) is 0 Å². The zero-order chi connectivity index (χ0) is 16.2. The fourth-order valence-electron chi connectivity index (χ4n) is 2.24. The molecule has 116 valence electrons.